The minimum absolute atomic E-state index is 0.0625. The van der Waals surface area contributed by atoms with E-state index >= 15 is 0 Å². The molecule has 0 amide bonds. The smallest absolute Gasteiger partial charge is 0.201 e. The summed E-state index contributed by atoms with van der Waals surface area (Å²) in [6, 6.07) is 7.58. The number of halogens is 3. The molecule has 0 aliphatic heterocycles. The molecule has 7 heteroatoms. The van der Waals surface area contributed by atoms with Crippen LogP contribution in [0.5, 0.6) is 5.88 Å². The molecule has 2 aromatic heterocycles. The Hall–Kier alpha value is -1.93. The van der Waals surface area contributed by atoms with E-state index < -0.39 is 0 Å². The molecule has 0 saturated heterocycles. The van der Waals surface area contributed by atoms with E-state index in [1.807, 2.05) is 19.2 Å². The first-order chi connectivity index (χ1) is 13.5. The maximum atomic E-state index is 11.2. The molecule has 144 valence electrons. The predicted molar refractivity (Wildman–Crippen MR) is 113 cm³/mol. The molecule has 4 rings (SSSR count). The third-order valence-electron chi connectivity index (χ3n) is 5.60. The number of fused-ring (bicyclic) bond motifs is 1. The predicted octanol–water partition coefficient (Wildman–Crippen LogP) is 6.63. The first kappa shape index (κ1) is 19.4. The maximum absolute atomic E-state index is 11.2. The Morgan fingerprint density at radius 3 is 2.79 bits per heavy atom. The van der Waals surface area contributed by atoms with Gasteiger partial charge in [0.2, 0.25) is 5.88 Å². The van der Waals surface area contributed by atoms with E-state index in [4.69, 9.17) is 34.8 Å². The van der Waals surface area contributed by atoms with Crippen molar-refractivity contribution >= 4 is 45.7 Å². The van der Waals surface area contributed by atoms with E-state index in [1.165, 1.54) is 0 Å². The largest absolute Gasteiger partial charge is 0.494 e. The van der Waals surface area contributed by atoms with Gasteiger partial charge in [0.25, 0.3) is 0 Å². The van der Waals surface area contributed by atoms with Crippen LogP contribution in [-0.2, 0) is 5.88 Å². The molecule has 1 fully saturated rings. The lowest BCUT2D eigenvalue weighted by Gasteiger charge is -2.17. The molecule has 1 N–H and O–H groups in total. The van der Waals surface area contributed by atoms with Gasteiger partial charge in [0.05, 0.1) is 28.9 Å². The number of nitriles is 1. The average Bonchev–Trinajstić information content (AvgIpc) is 3.25. The molecule has 4 nitrogen and oxygen atoms in total. The highest BCUT2D eigenvalue weighted by Crippen LogP contribution is 2.46. The normalized spacial score (nSPS) is 19.2. The molecular formula is C21H18Cl3N3O. The Morgan fingerprint density at radius 1 is 1.32 bits per heavy atom. The minimum Gasteiger partial charge on any atom is -0.494 e. The molecule has 1 unspecified atom stereocenters. The summed E-state index contributed by atoms with van der Waals surface area (Å²) in [5.41, 5.74) is 3.77. The van der Waals surface area contributed by atoms with Crippen molar-refractivity contribution in [2.24, 2.45) is 5.92 Å². The SMILES string of the molecule is Cc1nc2cn(C3CCC[C@H]3C#N)c(O)c2c(-c2ccc(Cl)cc2Cl)c1CCl. The number of hydrogen-bond acceptors (Lipinski definition) is 3. The van der Waals surface area contributed by atoms with Gasteiger partial charge in [-0.2, -0.15) is 5.26 Å². The summed E-state index contributed by atoms with van der Waals surface area (Å²) in [7, 11) is 0. The molecule has 2 heterocycles. The van der Waals surface area contributed by atoms with Gasteiger partial charge in [-0.25, -0.2) is 0 Å². The number of aromatic hydroxyl groups is 1. The quantitative estimate of drug-likeness (QED) is 0.471. The lowest BCUT2D eigenvalue weighted by atomic mass is 9.96. The molecule has 2 atom stereocenters. The van der Waals surface area contributed by atoms with E-state index in [9.17, 15) is 10.4 Å². The summed E-state index contributed by atoms with van der Waals surface area (Å²) in [6.07, 6.45) is 4.49. The van der Waals surface area contributed by atoms with Gasteiger partial charge in [0, 0.05) is 38.9 Å². The van der Waals surface area contributed by atoms with Crippen LogP contribution in [-0.4, -0.2) is 14.7 Å². The highest BCUT2D eigenvalue weighted by molar-refractivity contribution is 6.37. The number of aryl methyl sites for hydroxylation is 1. The number of aromatic nitrogens is 2. The van der Waals surface area contributed by atoms with Crippen molar-refractivity contribution in [2.45, 2.75) is 38.1 Å². The number of pyridine rings is 1. The number of nitrogens with zero attached hydrogens (tertiary/aromatic N) is 3. The number of alkyl halides is 1. The van der Waals surface area contributed by atoms with Crippen LogP contribution in [0.1, 0.15) is 36.6 Å². The van der Waals surface area contributed by atoms with Gasteiger partial charge >= 0.3 is 0 Å². The van der Waals surface area contributed by atoms with Crippen LogP contribution in [0.2, 0.25) is 10.0 Å². The zero-order valence-corrected chi connectivity index (χ0v) is 17.5. The summed E-state index contributed by atoms with van der Waals surface area (Å²) in [5.74, 6) is 0.212. The summed E-state index contributed by atoms with van der Waals surface area (Å²) < 4.78 is 1.79. The lowest BCUT2D eigenvalue weighted by Crippen LogP contribution is -2.11. The molecule has 1 aliphatic rings. The highest BCUT2D eigenvalue weighted by Gasteiger charge is 2.32. The molecule has 1 aromatic carbocycles. The van der Waals surface area contributed by atoms with Gasteiger partial charge in [0.1, 0.15) is 0 Å². The fraction of sp³-hybridized carbons (Fsp3) is 0.333. The Kier molecular flexibility index (Phi) is 5.18. The van der Waals surface area contributed by atoms with Crippen LogP contribution in [0.4, 0.5) is 0 Å². The molecule has 1 saturated carbocycles. The summed E-state index contributed by atoms with van der Waals surface area (Å²) in [6.45, 7) is 1.90. The summed E-state index contributed by atoms with van der Waals surface area (Å²) >= 11 is 18.8. The Balaban J connectivity index is 2.04. The highest BCUT2D eigenvalue weighted by atomic mass is 35.5. The number of rotatable bonds is 3. The number of benzene rings is 1. The van der Waals surface area contributed by atoms with Gasteiger partial charge in [-0.1, -0.05) is 29.3 Å². The average molecular weight is 435 g/mol. The fourth-order valence-electron chi connectivity index (χ4n) is 4.24. The van der Waals surface area contributed by atoms with E-state index in [-0.39, 0.29) is 23.7 Å². The van der Waals surface area contributed by atoms with Crippen LogP contribution < -0.4 is 0 Å². The standard InChI is InChI=1S/C21H18Cl3N3O/c1-11-15(8-22)19(14-6-5-13(23)7-16(14)24)20-17(26-11)10-27(21(20)28)18-4-2-3-12(18)9-25/h5-7,10,12,18,28H,2-4,8H2,1H3/t12-,18?/m0/s1. The van der Waals surface area contributed by atoms with Crippen LogP contribution in [0, 0.1) is 24.2 Å². The second-order valence-electron chi connectivity index (χ2n) is 7.16. The van der Waals surface area contributed by atoms with Gasteiger partial charge in [-0.15, -0.1) is 11.6 Å². The van der Waals surface area contributed by atoms with Gasteiger partial charge in [-0.3, -0.25) is 4.98 Å². The molecular weight excluding hydrogens is 417 g/mol. The van der Waals surface area contributed by atoms with E-state index in [0.717, 1.165) is 41.6 Å². The second-order valence-corrected chi connectivity index (χ2v) is 8.27. The van der Waals surface area contributed by atoms with Crippen molar-refractivity contribution < 1.29 is 5.11 Å². The van der Waals surface area contributed by atoms with Crippen LogP contribution in [0.3, 0.4) is 0 Å². The minimum atomic E-state index is -0.121. The van der Waals surface area contributed by atoms with Crippen LogP contribution >= 0.6 is 34.8 Å². The van der Waals surface area contributed by atoms with Gasteiger partial charge in [0.15, 0.2) is 0 Å². The van der Waals surface area contributed by atoms with E-state index in [2.05, 4.69) is 11.1 Å². The molecule has 3 aromatic rings. The zero-order valence-electron chi connectivity index (χ0n) is 15.2. The monoisotopic (exact) mass is 433 g/mol. The third-order valence-corrected chi connectivity index (χ3v) is 6.41. The first-order valence-electron chi connectivity index (χ1n) is 9.10. The molecule has 1 aliphatic carbocycles. The molecule has 0 bridgehead atoms. The Labute approximate surface area is 178 Å². The molecule has 0 spiro atoms. The summed E-state index contributed by atoms with van der Waals surface area (Å²) in [5, 5.41) is 22.3. The maximum Gasteiger partial charge on any atom is 0.201 e. The molecule has 28 heavy (non-hydrogen) atoms. The van der Waals surface area contributed by atoms with Gasteiger partial charge < -0.3 is 9.67 Å². The van der Waals surface area contributed by atoms with Crippen molar-refractivity contribution in [1.82, 2.24) is 9.55 Å². The van der Waals surface area contributed by atoms with Gasteiger partial charge in [-0.05, 0) is 43.9 Å². The first-order valence-corrected chi connectivity index (χ1v) is 10.4. The van der Waals surface area contributed by atoms with Crippen LogP contribution in [0.15, 0.2) is 24.4 Å². The van der Waals surface area contributed by atoms with Crippen molar-refractivity contribution in [3.8, 4) is 23.1 Å². The van der Waals surface area contributed by atoms with Crippen molar-refractivity contribution in [1.29, 1.82) is 5.26 Å². The fourth-order valence-corrected chi connectivity index (χ4v) is 5.07. The third kappa shape index (κ3) is 3.03. The van der Waals surface area contributed by atoms with Crippen molar-refractivity contribution in [2.75, 3.05) is 0 Å². The molecule has 0 radical (unpaired) electrons. The van der Waals surface area contributed by atoms with Crippen LogP contribution in [0.25, 0.3) is 22.0 Å². The summed E-state index contributed by atoms with van der Waals surface area (Å²) in [4.78, 5) is 4.67. The topological polar surface area (TPSA) is 61.8 Å². The van der Waals surface area contributed by atoms with Crippen molar-refractivity contribution in [3.63, 3.8) is 0 Å². The van der Waals surface area contributed by atoms with Crippen molar-refractivity contribution in [3.05, 3.63) is 45.7 Å². The number of hydrogen-bond donors (Lipinski definition) is 1. The Bertz CT molecular complexity index is 1120. The van der Waals surface area contributed by atoms with E-state index in [1.54, 1.807) is 16.7 Å². The second kappa shape index (κ2) is 7.48. The lowest BCUT2D eigenvalue weighted by molar-refractivity contribution is 0.364. The zero-order chi connectivity index (χ0) is 20.0. The van der Waals surface area contributed by atoms with E-state index in [0.29, 0.717) is 20.9 Å². The Morgan fingerprint density at radius 2 is 2.11 bits per heavy atom.